The molecule has 1 aromatic carbocycles. The van der Waals surface area contributed by atoms with E-state index in [1.54, 1.807) is 4.57 Å². The summed E-state index contributed by atoms with van der Waals surface area (Å²) in [5.41, 5.74) is 4.82. The quantitative estimate of drug-likeness (QED) is 0.414. The van der Waals surface area contributed by atoms with Crippen LogP contribution in [0.5, 0.6) is 0 Å². The van der Waals surface area contributed by atoms with Crippen LogP contribution in [0.25, 0.3) is 21.8 Å². The predicted molar refractivity (Wildman–Crippen MR) is 125 cm³/mol. The lowest BCUT2D eigenvalue weighted by molar-refractivity contribution is 0.0551. The highest BCUT2D eigenvalue weighted by Gasteiger charge is 2.26. The van der Waals surface area contributed by atoms with Crippen LogP contribution >= 0.6 is 0 Å². The molecule has 0 saturated carbocycles. The molecular formula is C26H36N2O2. The number of carbonyl (C=O) groups is 1. The van der Waals surface area contributed by atoms with Gasteiger partial charge in [-0.3, -0.25) is 4.98 Å². The molecule has 2 aromatic heterocycles. The van der Waals surface area contributed by atoms with Crippen LogP contribution in [0.1, 0.15) is 84.2 Å². The fourth-order valence-electron chi connectivity index (χ4n) is 4.22. The summed E-state index contributed by atoms with van der Waals surface area (Å²) in [7, 11) is 0. The van der Waals surface area contributed by atoms with Gasteiger partial charge in [0.1, 0.15) is 5.60 Å². The number of nitrogens with zero attached hydrogens (tertiary/aromatic N) is 2. The molecule has 162 valence electrons. The normalized spacial score (nSPS) is 12.1. The Morgan fingerprint density at radius 3 is 2.30 bits per heavy atom. The smallest absolute Gasteiger partial charge is 0.419 e. The van der Waals surface area contributed by atoms with E-state index in [1.165, 1.54) is 16.6 Å². The van der Waals surface area contributed by atoms with E-state index in [1.807, 2.05) is 32.9 Å². The minimum atomic E-state index is -0.555. The van der Waals surface area contributed by atoms with Gasteiger partial charge in [-0.15, -0.1) is 0 Å². The highest BCUT2D eigenvalue weighted by Crippen LogP contribution is 2.36. The molecule has 3 aromatic rings. The maximum Gasteiger partial charge on any atom is 0.419 e. The van der Waals surface area contributed by atoms with E-state index in [9.17, 15) is 4.79 Å². The van der Waals surface area contributed by atoms with Gasteiger partial charge < -0.3 is 4.74 Å². The third-order valence-corrected chi connectivity index (χ3v) is 5.40. The summed E-state index contributed by atoms with van der Waals surface area (Å²) in [4.78, 5) is 18.5. The van der Waals surface area contributed by atoms with Crippen molar-refractivity contribution in [3.05, 3.63) is 41.2 Å². The van der Waals surface area contributed by atoms with E-state index in [-0.39, 0.29) is 6.09 Å². The molecule has 3 rings (SSSR count). The minimum Gasteiger partial charge on any atom is -0.443 e. The molecule has 0 aliphatic rings. The lowest BCUT2D eigenvalue weighted by atomic mass is 9.97. The third kappa shape index (κ3) is 4.38. The van der Waals surface area contributed by atoms with Crippen molar-refractivity contribution in [1.29, 1.82) is 0 Å². The van der Waals surface area contributed by atoms with Crippen LogP contribution in [0.2, 0.25) is 0 Å². The zero-order chi connectivity index (χ0) is 21.9. The Labute approximate surface area is 180 Å². The van der Waals surface area contributed by atoms with E-state index in [2.05, 4.69) is 32.9 Å². The van der Waals surface area contributed by atoms with Crippen molar-refractivity contribution in [2.75, 3.05) is 0 Å². The predicted octanol–water partition coefficient (Wildman–Crippen LogP) is 7.22. The first kappa shape index (κ1) is 22.3. The number of benzene rings is 1. The maximum absolute atomic E-state index is 13.4. The SMILES string of the molecule is CCCCc1nc(CCC)c(CCC)c2c3ccccc3n(C(=O)OC(C)(C)C)c12. The van der Waals surface area contributed by atoms with E-state index >= 15 is 0 Å². The van der Waals surface area contributed by atoms with Crippen LogP contribution < -0.4 is 0 Å². The molecule has 0 radical (unpaired) electrons. The molecule has 0 unspecified atom stereocenters. The Morgan fingerprint density at radius 1 is 0.967 bits per heavy atom. The molecular weight excluding hydrogens is 372 g/mol. The number of fused-ring (bicyclic) bond motifs is 3. The van der Waals surface area contributed by atoms with Gasteiger partial charge in [0.05, 0.1) is 16.7 Å². The summed E-state index contributed by atoms with van der Waals surface area (Å²) in [6.07, 6.45) is 6.74. The molecule has 0 fully saturated rings. The molecule has 0 atom stereocenters. The summed E-state index contributed by atoms with van der Waals surface area (Å²) in [6, 6.07) is 8.21. The van der Waals surface area contributed by atoms with Crippen molar-refractivity contribution in [2.45, 2.75) is 92.1 Å². The van der Waals surface area contributed by atoms with Gasteiger partial charge in [-0.25, -0.2) is 9.36 Å². The van der Waals surface area contributed by atoms with E-state index in [0.717, 1.165) is 67.1 Å². The number of carbonyl (C=O) groups excluding carboxylic acids is 1. The van der Waals surface area contributed by atoms with Gasteiger partial charge in [-0.2, -0.15) is 0 Å². The van der Waals surface area contributed by atoms with Crippen molar-refractivity contribution in [3.8, 4) is 0 Å². The molecule has 0 aliphatic heterocycles. The fraction of sp³-hybridized carbons (Fsp3) is 0.538. The summed E-state index contributed by atoms with van der Waals surface area (Å²) < 4.78 is 7.61. The number of ether oxygens (including phenoxy) is 1. The lowest BCUT2D eigenvalue weighted by Gasteiger charge is -2.21. The zero-order valence-electron chi connectivity index (χ0n) is 19.5. The molecule has 2 heterocycles. The number of para-hydroxylation sites is 1. The largest absolute Gasteiger partial charge is 0.443 e. The van der Waals surface area contributed by atoms with E-state index < -0.39 is 5.60 Å². The lowest BCUT2D eigenvalue weighted by Crippen LogP contribution is -2.27. The number of aryl methyl sites for hydroxylation is 3. The van der Waals surface area contributed by atoms with Crippen molar-refractivity contribution >= 4 is 27.9 Å². The summed E-state index contributed by atoms with van der Waals surface area (Å²) in [6.45, 7) is 12.3. The van der Waals surface area contributed by atoms with Crippen molar-refractivity contribution < 1.29 is 9.53 Å². The Hall–Kier alpha value is -2.36. The number of hydrogen-bond acceptors (Lipinski definition) is 3. The average molecular weight is 409 g/mol. The molecule has 4 nitrogen and oxygen atoms in total. The van der Waals surface area contributed by atoms with E-state index in [4.69, 9.17) is 9.72 Å². The Bertz CT molecular complexity index is 1040. The molecule has 0 N–H and O–H groups in total. The van der Waals surface area contributed by atoms with Crippen LogP contribution in [0.15, 0.2) is 24.3 Å². The number of rotatable bonds is 7. The van der Waals surface area contributed by atoms with Gasteiger partial charge >= 0.3 is 6.09 Å². The zero-order valence-corrected chi connectivity index (χ0v) is 19.5. The molecule has 0 aliphatic carbocycles. The second-order valence-corrected chi connectivity index (χ2v) is 9.14. The average Bonchev–Trinajstić information content (AvgIpc) is 3.03. The van der Waals surface area contributed by atoms with Crippen molar-refractivity contribution in [2.24, 2.45) is 0 Å². The van der Waals surface area contributed by atoms with Gasteiger partial charge in [0.25, 0.3) is 0 Å². The van der Waals surface area contributed by atoms with E-state index in [0.29, 0.717) is 0 Å². The highest BCUT2D eigenvalue weighted by molar-refractivity contribution is 6.14. The molecule has 0 bridgehead atoms. The standard InChI is InChI=1S/C26H36N2O2/c1-7-10-16-21-24-23(18(13-8-2)20(27-21)14-9-3)19-15-11-12-17-22(19)28(24)25(29)30-26(4,5)6/h11-12,15,17H,7-10,13-14,16H2,1-6H3. The molecule has 4 heteroatoms. The Balaban J connectivity index is 2.44. The highest BCUT2D eigenvalue weighted by atomic mass is 16.6. The first-order valence-electron chi connectivity index (χ1n) is 11.5. The number of hydrogen-bond donors (Lipinski definition) is 0. The van der Waals surface area contributed by atoms with Crippen LogP contribution in [-0.4, -0.2) is 21.2 Å². The Morgan fingerprint density at radius 2 is 1.67 bits per heavy atom. The number of aromatic nitrogens is 2. The summed E-state index contributed by atoms with van der Waals surface area (Å²) in [5.74, 6) is 0. The monoisotopic (exact) mass is 408 g/mol. The van der Waals surface area contributed by atoms with Gasteiger partial charge in [-0.05, 0) is 58.1 Å². The first-order chi connectivity index (χ1) is 14.3. The molecule has 0 saturated heterocycles. The van der Waals surface area contributed by atoms with Crippen LogP contribution in [0, 0.1) is 0 Å². The third-order valence-electron chi connectivity index (χ3n) is 5.40. The van der Waals surface area contributed by atoms with Crippen molar-refractivity contribution in [1.82, 2.24) is 9.55 Å². The van der Waals surface area contributed by atoms with Crippen LogP contribution in [0.3, 0.4) is 0 Å². The second kappa shape index (κ2) is 9.20. The topological polar surface area (TPSA) is 44.1 Å². The van der Waals surface area contributed by atoms with Gasteiger partial charge in [-0.1, -0.05) is 58.2 Å². The Kier molecular flexibility index (Phi) is 6.84. The van der Waals surface area contributed by atoms with Crippen molar-refractivity contribution in [3.63, 3.8) is 0 Å². The molecule has 0 spiro atoms. The number of pyridine rings is 1. The maximum atomic E-state index is 13.4. The summed E-state index contributed by atoms with van der Waals surface area (Å²) in [5, 5.41) is 2.32. The van der Waals surface area contributed by atoms with Gasteiger partial charge in [0, 0.05) is 16.5 Å². The summed E-state index contributed by atoms with van der Waals surface area (Å²) >= 11 is 0. The van der Waals surface area contributed by atoms with Crippen LogP contribution in [0.4, 0.5) is 4.79 Å². The van der Waals surface area contributed by atoms with Crippen LogP contribution in [-0.2, 0) is 24.0 Å². The second-order valence-electron chi connectivity index (χ2n) is 9.14. The molecule has 0 amide bonds. The molecule has 30 heavy (non-hydrogen) atoms. The fourth-order valence-corrected chi connectivity index (χ4v) is 4.22. The number of unbranched alkanes of at least 4 members (excludes halogenated alkanes) is 1. The van der Waals surface area contributed by atoms with Gasteiger partial charge in [0.2, 0.25) is 0 Å². The minimum absolute atomic E-state index is 0.320. The van der Waals surface area contributed by atoms with Gasteiger partial charge in [0.15, 0.2) is 0 Å². The first-order valence-corrected chi connectivity index (χ1v) is 11.5.